The van der Waals surface area contributed by atoms with Crippen LogP contribution in [0.25, 0.3) is 0 Å². The van der Waals surface area contributed by atoms with Crippen molar-refractivity contribution in [3.63, 3.8) is 0 Å². The minimum absolute atomic E-state index is 0.0244. The van der Waals surface area contributed by atoms with E-state index < -0.39 is 11.6 Å². The SMILES string of the molecule is CCOCCOC(=O)C12CCC(=O)N1c1ccccc1C(=O)N2C1CC1. The maximum absolute atomic E-state index is 13.2. The van der Waals surface area contributed by atoms with E-state index in [1.807, 2.05) is 6.92 Å². The van der Waals surface area contributed by atoms with Crippen LogP contribution in [0.3, 0.4) is 0 Å². The van der Waals surface area contributed by atoms with Gasteiger partial charge in [-0.2, -0.15) is 0 Å². The molecule has 1 atom stereocenters. The number of rotatable bonds is 6. The van der Waals surface area contributed by atoms with E-state index in [1.54, 1.807) is 29.2 Å². The first kappa shape index (κ1) is 17.0. The van der Waals surface area contributed by atoms with Gasteiger partial charge >= 0.3 is 5.97 Å². The van der Waals surface area contributed by atoms with E-state index in [-0.39, 0.29) is 37.3 Å². The Kier molecular flexibility index (Phi) is 4.19. The van der Waals surface area contributed by atoms with Crippen LogP contribution in [0.2, 0.25) is 0 Å². The van der Waals surface area contributed by atoms with Crippen LogP contribution in [0.4, 0.5) is 5.69 Å². The molecule has 0 bridgehead atoms. The van der Waals surface area contributed by atoms with Crippen molar-refractivity contribution in [1.29, 1.82) is 0 Å². The molecule has 3 aliphatic rings. The highest BCUT2D eigenvalue weighted by molar-refractivity contribution is 6.15. The largest absolute Gasteiger partial charge is 0.460 e. The van der Waals surface area contributed by atoms with Crippen LogP contribution in [0, 0.1) is 0 Å². The van der Waals surface area contributed by atoms with Crippen molar-refractivity contribution < 1.29 is 23.9 Å². The molecule has 26 heavy (non-hydrogen) atoms. The molecule has 1 aliphatic carbocycles. The van der Waals surface area contributed by atoms with E-state index in [0.29, 0.717) is 24.5 Å². The van der Waals surface area contributed by atoms with Gasteiger partial charge in [0.1, 0.15) is 6.61 Å². The molecule has 0 aromatic heterocycles. The van der Waals surface area contributed by atoms with Crippen molar-refractivity contribution in [2.75, 3.05) is 24.7 Å². The fraction of sp³-hybridized carbons (Fsp3) is 0.526. The average Bonchev–Trinajstić information content (AvgIpc) is 3.42. The van der Waals surface area contributed by atoms with Crippen molar-refractivity contribution in [2.45, 2.75) is 44.3 Å². The molecule has 4 rings (SSSR count). The third-order valence-electron chi connectivity index (χ3n) is 5.20. The van der Waals surface area contributed by atoms with Crippen molar-refractivity contribution in [1.82, 2.24) is 4.90 Å². The van der Waals surface area contributed by atoms with Gasteiger partial charge in [0.05, 0.1) is 17.9 Å². The predicted octanol–water partition coefficient (Wildman–Crippen LogP) is 1.71. The van der Waals surface area contributed by atoms with Gasteiger partial charge < -0.3 is 14.4 Å². The average molecular weight is 358 g/mol. The molecule has 1 saturated heterocycles. The lowest BCUT2D eigenvalue weighted by molar-refractivity contribution is -0.159. The molecule has 1 aromatic carbocycles. The van der Waals surface area contributed by atoms with Gasteiger partial charge in [-0.3, -0.25) is 14.5 Å². The summed E-state index contributed by atoms with van der Waals surface area (Å²) in [5, 5.41) is 0. The molecular formula is C19H22N2O5. The lowest BCUT2D eigenvalue weighted by atomic mass is 9.96. The Morgan fingerprint density at radius 3 is 2.73 bits per heavy atom. The van der Waals surface area contributed by atoms with Crippen LogP contribution in [-0.4, -0.2) is 54.2 Å². The number of carbonyl (C=O) groups is 3. The number of fused-ring (bicyclic) bond motifs is 3. The second kappa shape index (κ2) is 6.39. The van der Waals surface area contributed by atoms with Crippen molar-refractivity contribution >= 4 is 23.5 Å². The number of amides is 2. The number of hydrogen-bond acceptors (Lipinski definition) is 5. The summed E-state index contributed by atoms with van der Waals surface area (Å²) in [7, 11) is 0. The summed E-state index contributed by atoms with van der Waals surface area (Å²) >= 11 is 0. The first-order chi connectivity index (χ1) is 12.6. The number of hydrogen-bond donors (Lipinski definition) is 0. The number of benzene rings is 1. The molecule has 2 heterocycles. The number of carbonyl (C=O) groups excluding carboxylic acids is 3. The molecule has 1 saturated carbocycles. The second-order valence-electron chi connectivity index (χ2n) is 6.80. The number of ether oxygens (including phenoxy) is 2. The molecule has 0 N–H and O–H groups in total. The molecule has 7 heteroatoms. The van der Waals surface area contributed by atoms with Gasteiger partial charge in [0.2, 0.25) is 11.6 Å². The number of anilines is 1. The number of esters is 1. The zero-order chi connectivity index (χ0) is 18.3. The lowest BCUT2D eigenvalue weighted by Gasteiger charge is -2.48. The summed E-state index contributed by atoms with van der Waals surface area (Å²) in [6.45, 7) is 2.79. The molecule has 2 aliphatic heterocycles. The van der Waals surface area contributed by atoms with Gasteiger partial charge in [0.15, 0.2) is 0 Å². The maximum atomic E-state index is 13.2. The van der Waals surface area contributed by atoms with Crippen LogP contribution >= 0.6 is 0 Å². The first-order valence-corrected chi connectivity index (χ1v) is 9.12. The number of para-hydroxylation sites is 1. The summed E-state index contributed by atoms with van der Waals surface area (Å²) < 4.78 is 10.7. The van der Waals surface area contributed by atoms with Gasteiger partial charge in [0.25, 0.3) is 5.91 Å². The molecule has 1 aromatic rings. The molecule has 7 nitrogen and oxygen atoms in total. The Labute approximate surface area is 151 Å². The highest BCUT2D eigenvalue weighted by atomic mass is 16.6. The lowest BCUT2D eigenvalue weighted by Crippen LogP contribution is -2.69. The summed E-state index contributed by atoms with van der Waals surface area (Å²) in [6, 6.07) is 6.96. The number of nitrogens with zero attached hydrogens (tertiary/aromatic N) is 2. The molecule has 1 unspecified atom stereocenters. The second-order valence-corrected chi connectivity index (χ2v) is 6.80. The van der Waals surface area contributed by atoms with Crippen molar-refractivity contribution in [3.05, 3.63) is 29.8 Å². The summed E-state index contributed by atoms with van der Waals surface area (Å²) in [4.78, 5) is 42.1. The summed E-state index contributed by atoms with van der Waals surface area (Å²) in [6.07, 6.45) is 2.15. The summed E-state index contributed by atoms with van der Waals surface area (Å²) in [5.74, 6) is -0.897. The molecule has 138 valence electrons. The summed E-state index contributed by atoms with van der Waals surface area (Å²) in [5.41, 5.74) is -0.401. The minimum Gasteiger partial charge on any atom is -0.460 e. The van der Waals surface area contributed by atoms with Crippen LogP contribution in [0.1, 0.15) is 43.0 Å². The van der Waals surface area contributed by atoms with Gasteiger partial charge in [-0.25, -0.2) is 4.79 Å². The van der Waals surface area contributed by atoms with Crippen LogP contribution in [-0.2, 0) is 19.1 Å². The normalized spacial score (nSPS) is 24.5. The van der Waals surface area contributed by atoms with Gasteiger partial charge in [-0.05, 0) is 31.9 Å². The standard InChI is InChI=1S/C19H22N2O5/c1-2-25-11-12-26-18(24)19-10-9-16(22)21(19)15-6-4-3-5-14(15)17(23)20(19)13-7-8-13/h3-6,13H,2,7-12H2,1H3. The van der Waals surface area contributed by atoms with Crippen LogP contribution < -0.4 is 4.90 Å². The molecule has 2 amide bonds. The Bertz CT molecular complexity index is 760. The highest BCUT2D eigenvalue weighted by Crippen LogP contribution is 2.49. The van der Waals surface area contributed by atoms with Crippen LogP contribution in [0.15, 0.2) is 24.3 Å². The quantitative estimate of drug-likeness (QED) is 0.572. The fourth-order valence-corrected chi connectivity index (χ4v) is 3.97. The van der Waals surface area contributed by atoms with Crippen molar-refractivity contribution in [2.24, 2.45) is 0 Å². The van der Waals surface area contributed by atoms with E-state index in [2.05, 4.69) is 0 Å². The molecule has 0 radical (unpaired) electrons. The van der Waals surface area contributed by atoms with Gasteiger partial charge in [-0.1, -0.05) is 12.1 Å². The van der Waals surface area contributed by atoms with E-state index >= 15 is 0 Å². The molecular weight excluding hydrogens is 336 g/mol. The fourth-order valence-electron chi connectivity index (χ4n) is 3.97. The minimum atomic E-state index is -1.37. The van der Waals surface area contributed by atoms with Gasteiger partial charge in [0, 0.05) is 25.5 Å². The van der Waals surface area contributed by atoms with Crippen LogP contribution in [0.5, 0.6) is 0 Å². The van der Waals surface area contributed by atoms with E-state index in [4.69, 9.17) is 9.47 Å². The van der Waals surface area contributed by atoms with Gasteiger partial charge in [-0.15, -0.1) is 0 Å². The zero-order valence-corrected chi connectivity index (χ0v) is 14.8. The molecule has 0 spiro atoms. The first-order valence-electron chi connectivity index (χ1n) is 9.12. The Hall–Kier alpha value is -2.41. The smallest absolute Gasteiger partial charge is 0.353 e. The van der Waals surface area contributed by atoms with Crippen molar-refractivity contribution in [3.8, 4) is 0 Å². The topological polar surface area (TPSA) is 76.1 Å². The Morgan fingerprint density at radius 2 is 2.00 bits per heavy atom. The third kappa shape index (κ3) is 2.41. The maximum Gasteiger partial charge on any atom is 0.353 e. The Morgan fingerprint density at radius 1 is 1.23 bits per heavy atom. The van der Waals surface area contributed by atoms with E-state index in [9.17, 15) is 14.4 Å². The van der Waals surface area contributed by atoms with E-state index in [1.165, 1.54) is 4.90 Å². The van der Waals surface area contributed by atoms with E-state index in [0.717, 1.165) is 12.8 Å². The highest BCUT2D eigenvalue weighted by Gasteiger charge is 2.64. The third-order valence-corrected chi connectivity index (χ3v) is 5.20. The monoisotopic (exact) mass is 358 g/mol. The Balaban J connectivity index is 1.75. The predicted molar refractivity (Wildman–Crippen MR) is 92.5 cm³/mol. The zero-order valence-electron chi connectivity index (χ0n) is 14.8. The molecule has 2 fully saturated rings.